The molecule has 0 spiro atoms. The van der Waals surface area contributed by atoms with Gasteiger partial charge in [-0.3, -0.25) is 0 Å². The number of benzene rings is 1. The number of rotatable bonds is 8. The fourth-order valence-corrected chi connectivity index (χ4v) is 1.98. The van der Waals surface area contributed by atoms with Gasteiger partial charge in [0.1, 0.15) is 11.5 Å². The van der Waals surface area contributed by atoms with Crippen molar-refractivity contribution >= 4 is 5.78 Å². The van der Waals surface area contributed by atoms with Gasteiger partial charge in [0.05, 0.1) is 7.11 Å². The fraction of sp³-hybridized carbons (Fsp3) is 0.562. The minimum Gasteiger partial charge on any atom is -0.496 e. The molecule has 0 heterocycles. The molecule has 0 amide bonds. The Labute approximate surface area is 116 Å². The van der Waals surface area contributed by atoms with E-state index in [0.717, 1.165) is 25.3 Å². The molecule has 3 nitrogen and oxygen atoms in total. The van der Waals surface area contributed by atoms with Gasteiger partial charge in [-0.1, -0.05) is 26.0 Å². The first kappa shape index (κ1) is 15.7. The number of ether oxygens (including phenoxy) is 1. The average molecular weight is 263 g/mol. The molecule has 0 bridgehead atoms. The number of carbonyl (C=O) groups excluding carboxylic acids is 1. The summed E-state index contributed by atoms with van der Waals surface area (Å²) in [5, 5.41) is 3.37. The van der Waals surface area contributed by atoms with E-state index >= 15 is 0 Å². The highest BCUT2D eigenvalue weighted by atomic mass is 16.5. The summed E-state index contributed by atoms with van der Waals surface area (Å²) in [6, 6.07) is 6.34. The van der Waals surface area contributed by atoms with Crippen LogP contribution in [0.4, 0.5) is 0 Å². The van der Waals surface area contributed by atoms with Gasteiger partial charge in [-0.2, -0.15) is 0 Å². The number of carbonyl (C=O) groups is 1. The molecule has 3 heteroatoms. The van der Waals surface area contributed by atoms with Crippen molar-refractivity contribution in [2.24, 2.45) is 0 Å². The Hall–Kier alpha value is -1.35. The zero-order valence-corrected chi connectivity index (χ0v) is 12.5. The maximum atomic E-state index is 10.8. The summed E-state index contributed by atoms with van der Waals surface area (Å²) in [4.78, 5) is 10.8. The van der Waals surface area contributed by atoms with Crippen LogP contribution in [0.5, 0.6) is 5.75 Å². The van der Waals surface area contributed by atoms with E-state index in [1.165, 1.54) is 11.1 Å². The van der Waals surface area contributed by atoms with E-state index in [9.17, 15) is 4.79 Å². The second-order valence-corrected chi connectivity index (χ2v) is 5.21. The van der Waals surface area contributed by atoms with Crippen LogP contribution in [0.25, 0.3) is 0 Å². The van der Waals surface area contributed by atoms with Crippen molar-refractivity contribution in [3.05, 3.63) is 29.3 Å². The zero-order valence-electron chi connectivity index (χ0n) is 12.5. The van der Waals surface area contributed by atoms with E-state index in [4.69, 9.17) is 4.74 Å². The second-order valence-electron chi connectivity index (χ2n) is 5.21. The van der Waals surface area contributed by atoms with Gasteiger partial charge < -0.3 is 14.8 Å². The minimum absolute atomic E-state index is 0.251. The lowest BCUT2D eigenvalue weighted by atomic mass is 10.00. The van der Waals surface area contributed by atoms with E-state index in [1.54, 1.807) is 14.0 Å². The van der Waals surface area contributed by atoms with Crippen LogP contribution >= 0.6 is 0 Å². The molecule has 0 unspecified atom stereocenters. The largest absolute Gasteiger partial charge is 0.496 e. The molecule has 0 saturated heterocycles. The standard InChI is InChI=1S/C16H25NO2/c1-12(2)14-7-8-16(19-4)15(10-14)11-17-9-5-6-13(3)18/h7-8,10,12,17H,5-6,9,11H2,1-4H3. The molecule has 106 valence electrons. The normalized spacial score (nSPS) is 10.8. The van der Waals surface area contributed by atoms with Gasteiger partial charge >= 0.3 is 0 Å². The Bertz CT molecular complexity index is 413. The molecule has 0 aliphatic heterocycles. The second kappa shape index (κ2) is 7.95. The third-order valence-electron chi connectivity index (χ3n) is 3.17. The first-order valence-electron chi connectivity index (χ1n) is 6.91. The van der Waals surface area contributed by atoms with Crippen LogP contribution < -0.4 is 10.1 Å². The molecule has 0 saturated carbocycles. The predicted octanol–water partition coefficient (Wildman–Crippen LogP) is 3.28. The Kier molecular flexibility index (Phi) is 6.57. The maximum absolute atomic E-state index is 10.8. The highest BCUT2D eigenvalue weighted by Crippen LogP contribution is 2.23. The Morgan fingerprint density at radius 2 is 2.11 bits per heavy atom. The van der Waals surface area contributed by atoms with Crippen LogP contribution in [-0.2, 0) is 11.3 Å². The fourth-order valence-electron chi connectivity index (χ4n) is 1.98. The quantitative estimate of drug-likeness (QED) is 0.731. The van der Waals surface area contributed by atoms with Crippen molar-refractivity contribution < 1.29 is 9.53 Å². The van der Waals surface area contributed by atoms with Crippen LogP contribution in [0.2, 0.25) is 0 Å². The molecule has 0 aromatic heterocycles. The van der Waals surface area contributed by atoms with Crippen molar-refractivity contribution in [1.29, 1.82) is 0 Å². The molecule has 0 aliphatic rings. The first-order chi connectivity index (χ1) is 9.04. The number of ketones is 1. The molecule has 1 rings (SSSR count). The average Bonchev–Trinajstić information content (AvgIpc) is 2.37. The lowest BCUT2D eigenvalue weighted by Crippen LogP contribution is -2.16. The van der Waals surface area contributed by atoms with Gasteiger partial charge in [-0.15, -0.1) is 0 Å². The van der Waals surface area contributed by atoms with E-state index in [2.05, 4.69) is 31.3 Å². The van der Waals surface area contributed by atoms with Gasteiger partial charge in [-0.05, 0) is 37.4 Å². The molecule has 1 aromatic rings. The number of methoxy groups -OCH3 is 1. The van der Waals surface area contributed by atoms with Crippen LogP contribution in [0.1, 0.15) is 50.7 Å². The lowest BCUT2D eigenvalue weighted by molar-refractivity contribution is -0.117. The van der Waals surface area contributed by atoms with Crippen LogP contribution in [0.3, 0.4) is 0 Å². The van der Waals surface area contributed by atoms with Gasteiger partial charge in [0.25, 0.3) is 0 Å². The zero-order chi connectivity index (χ0) is 14.3. The summed E-state index contributed by atoms with van der Waals surface area (Å²) in [6.07, 6.45) is 1.54. The number of nitrogens with one attached hydrogen (secondary N) is 1. The summed E-state index contributed by atoms with van der Waals surface area (Å²) in [6.45, 7) is 7.64. The highest BCUT2D eigenvalue weighted by molar-refractivity contribution is 5.75. The molecule has 0 fully saturated rings. The van der Waals surface area contributed by atoms with Crippen molar-refractivity contribution in [2.45, 2.75) is 46.1 Å². The molecule has 1 aromatic carbocycles. The molecule has 0 radical (unpaired) electrons. The highest BCUT2D eigenvalue weighted by Gasteiger charge is 2.06. The van der Waals surface area contributed by atoms with E-state index in [1.807, 2.05) is 6.07 Å². The summed E-state index contributed by atoms with van der Waals surface area (Å²) >= 11 is 0. The minimum atomic E-state index is 0.251. The Morgan fingerprint density at radius 3 is 2.68 bits per heavy atom. The van der Waals surface area contributed by atoms with Crippen LogP contribution in [0.15, 0.2) is 18.2 Å². The number of hydrogen-bond acceptors (Lipinski definition) is 3. The van der Waals surface area contributed by atoms with Gasteiger partial charge in [0.15, 0.2) is 0 Å². The molecule has 0 atom stereocenters. The summed E-state index contributed by atoms with van der Waals surface area (Å²) in [7, 11) is 1.70. The third kappa shape index (κ3) is 5.43. The van der Waals surface area contributed by atoms with Crippen molar-refractivity contribution in [2.75, 3.05) is 13.7 Å². The molecule has 0 aliphatic carbocycles. The van der Waals surface area contributed by atoms with Crippen molar-refractivity contribution in [3.8, 4) is 5.75 Å². The van der Waals surface area contributed by atoms with Crippen LogP contribution in [-0.4, -0.2) is 19.4 Å². The lowest BCUT2D eigenvalue weighted by Gasteiger charge is -2.13. The molecule has 19 heavy (non-hydrogen) atoms. The van der Waals surface area contributed by atoms with E-state index in [0.29, 0.717) is 12.3 Å². The Balaban J connectivity index is 2.55. The first-order valence-corrected chi connectivity index (χ1v) is 6.91. The van der Waals surface area contributed by atoms with Crippen molar-refractivity contribution in [3.63, 3.8) is 0 Å². The maximum Gasteiger partial charge on any atom is 0.129 e. The summed E-state index contributed by atoms with van der Waals surface area (Å²) in [5.74, 6) is 1.69. The van der Waals surface area contributed by atoms with Gasteiger partial charge in [0.2, 0.25) is 0 Å². The number of hydrogen-bond donors (Lipinski definition) is 1. The molecular weight excluding hydrogens is 238 g/mol. The summed E-state index contributed by atoms with van der Waals surface area (Å²) < 4.78 is 5.38. The smallest absolute Gasteiger partial charge is 0.129 e. The topological polar surface area (TPSA) is 38.3 Å². The molecule has 1 N–H and O–H groups in total. The predicted molar refractivity (Wildman–Crippen MR) is 78.7 cm³/mol. The van der Waals surface area contributed by atoms with Crippen LogP contribution in [0, 0.1) is 0 Å². The van der Waals surface area contributed by atoms with Gasteiger partial charge in [0, 0.05) is 18.5 Å². The SMILES string of the molecule is COc1ccc(C(C)C)cc1CNCCCC(C)=O. The third-order valence-corrected chi connectivity index (χ3v) is 3.17. The van der Waals surface area contributed by atoms with Gasteiger partial charge in [-0.25, -0.2) is 0 Å². The summed E-state index contributed by atoms with van der Waals surface area (Å²) in [5.41, 5.74) is 2.50. The monoisotopic (exact) mass is 263 g/mol. The van der Waals surface area contributed by atoms with E-state index in [-0.39, 0.29) is 5.78 Å². The molecular formula is C16H25NO2. The van der Waals surface area contributed by atoms with Crippen molar-refractivity contribution in [1.82, 2.24) is 5.32 Å². The number of Topliss-reactive ketones (excluding diaryl/α,β-unsaturated/α-hetero) is 1. The Morgan fingerprint density at radius 1 is 1.37 bits per heavy atom. The van der Waals surface area contributed by atoms with E-state index < -0.39 is 0 Å².